The van der Waals surface area contributed by atoms with Gasteiger partial charge in [-0.25, -0.2) is 4.79 Å². The zero-order valence-electron chi connectivity index (χ0n) is 12.9. The molecular weight excluding hydrogens is 364 g/mol. The first kappa shape index (κ1) is 16.4. The highest BCUT2D eigenvalue weighted by molar-refractivity contribution is 9.10. The fourth-order valence-electron chi connectivity index (χ4n) is 3.28. The van der Waals surface area contributed by atoms with Crippen molar-refractivity contribution in [3.05, 3.63) is 34.3 Å². The molecule has 0 radical (unpaired) electrons. The number of nitrogens with zero attached hydrogens (tertiary/aromatic N) is 2. The van der Waals surface area contributed by atoms with Crippen LogP contribution in [0.1, 0.15) is 23.2 Å². The van der Waals surface area contributed by atoms with Crippen molar-refractivity contribution in [3.8, 4) is 0 Å². The average molecular weight is 383 g/mol. The van der Waals surface area contributed by atoms with Crippen LogP contribution in [0.15, 0.2) is 28.7 Å². The van der Waals surface area contributed by atoms with Crippen LogP contribution in [0.2, 0.25) is 0 Å². The predicted octanol–water partition coefficient (Wildman–Crippen LogP) is 1.80. The third-order valence-electron chi connectivity index (χ3n) is 4.60. The van der Waals surface area contributed by atoms with Crippen molar-refractivity contribution in [3.63, 3.8) is 0 Å². The van der Waals surface area contributed by atoms with E-state index < -0.39 is 17.7 Å². The second-order valence-electron chi connectivity index (χ2n) is 6.10. The Hall–Kier alpha value is -1.44. The number of piperidine rings is 1. The molecule has 1 N–H and O–H groups in total. The van der Waals surface area contributed by atoms with Gasteiger partial charge < -0.3 is 14.7 Å². The van der Waals surface area contributed by atoms with Gasteiger partial charge in [0.2, 0.25) is 0 Å². The number of rotatable bonds is 2. The van der Waals surface area contributed by atoms with E-state index in [1.807, 2.05) is 13.1 Å². The van der Waals surface area contributed by atoms with E-state index >= 15 is 0 Å². The van der Waals surface area contributed by atoms with Crippen molar-refractivity contribution in [1.29, 1.82) is 0 Å². The normalized spacial score (nSPS) is 24.1. The van der Waals surface area contributed by atoms with Crippen molar-refractivity contribution in [2.24, 2.45) is 0 Å². The van der Waals surface area contributed by atoms with Crippen molar-refractivity contribution >= 4 is 27.8 Å². The zero-order chi connectivity index (χ0) is 16.6. The maximum Gasteiger partial charge on any atom is 0.328 e. The van der Waals surface area contributed by atoms with E-state index in [1.165, 1.54) is 4.90 Å². The van der Waals surface area contributed by atoms with Crippen LogP contribution in [0.4, 0.5) is 0 Å². The van der Waals surface area contributed by atoms with E-state index in [2.05, 4.69) is 20.8 Å². The Balaban J connectivity index is 1.96. The van der Waals surface area contributed by atoms with E-state index in [0.717, 1.165) is 17.6 Å². The number of carbonyl (C=O) groups excluding carboxylic acids is 1. The van der Waals surface area contributed by atoms with Crippen molar-refractivity contribution in [1.82, 2.24) is 9.80 Å². The first-order chi connectivity index (χ1) is 10.9. The molecule has 1 spiro atoms. The number of likely N-dealkylation sites (tertiary alicyclic amines) is 1. The summed E-state index contributed by atoms with van der Waals surface area (Å²) in [7, 11) is 2.01. The van der Waals surface area contributed by atoms with Crippen molar-refractivity contribution in [2.75, 3.05) is 26.7 Å². The van der Waals surface area contributed by atoms with Crippen LogP contribution in [0.5, 0.6) is 0 Å². The molecule has 0 aromatic heterocycles. The van der Waals surface area contributed by atoms with Crippen LogP contribution in [0.3, 0.4) is 0 Å². The largest absolute Gasteiger partial charge is 0.480 e. The van der Waals surface area contributed by atoms with Gasteiger partial charge in [0, 0.05) is 36.0 Å². The maximum atomic E-state index is 13.0. The predicted molar refractivity (Wildman–Crippen MR) is 87.1 cm³/mol. The Labute approximate surface area is 143 Å². The number of hydrogen-bond donors (Lipinski definition) is 1. The summed E-state index contributed by atoms with van der Waals surface area (Å²) < 4.78 is 6.66. The second-order valence-corrected chi connectivity index (χ2v) is 7.02. The molecule has 0 saturated carbocycles. The lowest BCUT2D eigenvalue weighted by Crippen LogP contribution is -2.57. The van der Waals surface area contributed by atoms with Gasteiger partial charge in [0.1, 0.15) is 5.72 Å². The van der Waals surface area contributed by atoms with E-state index in [-0.39, 0.29) is 12.5 Å². The number of benzene rings is 1. The number of amides is 1. The highest BCUT2D eigenvalue weighted by atomic mass is 79.9. The van der Waals surface area contributed by atoms with Crippen LogP contribution in [-0.4, -0.2) is 65.3 Å². The molecule has 2 fully saturated rings. The van der Waals surface area contributed by atoms with Crippen LogP contribution in [0.25, 0.3) is 0 Å². The number of carboxylic acid groups (broad SMARTS) is 1. The van der Waals surface area contributed by atoms with Gasteiger partial charge in [-0.3, -0.25) is 9.69 Å². The van der Waals surface area contributed by atoms with Gasteiger partial charge in [0.05, 0.1) is 6.61 Å². The highest BCUT2D eigenvalue weighted by Crippen LogP contribution is 2.38. The third-order valence-corrected chi connectivity index (χ3v) is 5.10. The molecule has 2 heterocycles. The Kier molecular flexibility index (Phi) is 4.44. The quantitative estimate of drug-likeness (QED) is 0.844. The fourth-order valence-corrected chi connectivity index (χ4v) is 3.68. The van der Waals surface area contributed by atoms with E-state index in [9.17, 15) is 14.7 Å². The van der Waals surface area contributed by atoms with Crippen molar-refractivity contribution < 1.29 is 19.4 Å². The smallest absolute Gasteiger partial charge is 0.328 e. The molecule has 1 amide bonds. The lowest BCUT2D eigenvalue weighted by atomic mass is 9.97. The SMILES string of the molecule is CN1CCC2(CC1)OC[C@H](C(=O)O)N2C(=O)c1cccc(Br)c1. The van der Waals surface area contributed by atoms with Gasteiger partial charge in [0.15, 0.2) is 6.04 Å². The molecule has 1 aromatic carbocycles. The van der Waals surface area contributed by atoms with Crippen LogP contribution in [-0.2, 0) is 9.53 Å². The molecule has 0 unspecified atom stereocenters. The third kappa shape index (κ3) is 3.00. The number of aliphatic carboxylic acids is 1. The fraction of sp³-hybridized carbons (Fsp3) is 0.500. The molecule has 7 heteroatoms. The molecule has 0 aliphatic carbocycles. The monoisotopic (exact) mass is 382 g/mol. The standard InChI is InChI=1S/C16H19BrN2O4/c1-18-7-5-16(6-8-18)19(13(10-23-16)15(21)22)14(20)11-3-2-4-12(17)9-11/h2-4,9,13H,5-8,10H2,1H3,(H,21,22)/t13-/m1/s1. The molecule has 2 saturated heterocycles. The Morgan fingerprint density at radius 1 is 1.35 bits per heavy atom. The summed E-state index contributed by atoms with van der Waals surface area (Å²) in [5, 5.41) is 9.51. The summed E-state index contributed by atoms with van der Waals surface area (Å²) in [5.74, 6) is -1.31. The molecule has 2 aliphatic heterocycles. The first-order valence-corrected chi connectivity index (χ1v) is 8.37. The van der Waals surface area contributed by atoms with Gasteiger partial charge in [0.25, 0.3) is 5.91 Å². The second kappa shape index (κ2) is 6.22. The lowest BCUT2D eigenvalue weighted by molar-refractivity contribution is -0.143. The number of carbonyl (C=O) groups is 2. The van der Waals surface area contributed by atoms with Gasteiger partial charge in [-0.1, -0.05) is 22.0 Å². The Morgan fingerprint density at radius 2 is 2.04 bits per heavy atom. The van der Waals surface area contributed by atoms with Crippen molar-refractivity contribution in [2.45, 2.75) is 24.6 Å². The average Bonchev–Trinajstić information content (AvgIpc) is 2.89. The Bertz CT molecular complexity index is 628. The van der Waals surface area contributed by atoms with E-state index in [0.29, 0.717) is 18.4 Å². The summed E-state index contributed by atoms with van der Waals surface area (Å²) in [6.07, 6.45) is 1.24. The number of ether oxygens (including phenoxy) is 1. The first-order valence-electron chi connectivity index (χ1n) is 7.57. The van der Waals surface area contributed by atoms with Gasteiger partial charge >= 0.3 is 5.97 Å². The summed E-state index contributed by atoms with van der Waals surface area (Å²) in [5.41, 5.74) is -0.343. The topological polar surface area (TPSA) is 70.1 Å². The van der Waals surface area contributed by atoms with Gasteiger partial charge in [-0.2, -0.15) is 0 Å². The summed E-state index contributed by atoms with van der Waals surface area (Å²) in [6, 6.07) is 6.07. The maximum absolute atomic E-state index is 13.0. The lowest BCUT2D eigenvalue weighted by Gasteiger charge is -2.43. The summed E-state index contributed by atoms with van der Waals surface area (Å²) in [4.78, 5) is 28.2. The molecule has 124 valence electrons. The summed E-state index contributed by atoms with van der Waals surface area (Å²) in [6.45, 7) is 1.59. The molecule has 1 atom stereocenters. The molecule has 6 nitrogen and oxygen atoms in total. The van der Waals surface area contributed by atoms with E-state index in [4.69, 9.17) is 4.74 Å². The molecule has 1 aromatic rings. The van der Waals surface area contributed by atoms with Gasteiger partial charge in [-0.15, -0.1) is 0 Å². The number of carboxylic acids is 1. The zero-order valence-corrected chi connectivity index (χ0v) is 14.5. The molecule has 2 aliphatic rings. The summed E-state index contributed by atoms with van der Waals surface area (Å²) >= 11 is 3.35. The van der Waals surface area contributed by atoms with E-state index in [1.54, 1.807) is 18.2 Å². The Morgan fingerprint density at radius 3 is 2.65 bits per heavy atom. The van der Waals surface area contributed by atoms with Crippen LogP contribution in [0, 0.1) is 0 Å². The molecule has 23 heavy (non-hydrogen) atoms. The van der Waals surface area contributed by atoms with Gasteiger partial charge in [-0.05, 0) is 25.2 Å². The number of hydrogen-bond acceptors (Lipinski definition) is 4. The minimum absolute atomic E-state index is 0.0405. The molecular formula is C16H19BrN2O4. The van der Waals surface area contributed by atoms with Crippen LogP contribution >= 0.6 is 15.9 Å². The highest BCUT2D eigenvalue weighted by Gasteiger charge is 2.53. The number of halogens is 1. The van der Waals surface area contributed by atoms with Crippen LogP contribution < -0.4 is 0 Å². The minimum atomic E-state index is -1.02. The minimum Gasteiger partial charge on any atom is -0.480 e. The molecule has 0 bridgehead atoms. The molecule has 3 rings (SSSR count).